The molecule has 0 amide bonds. The molecule has 0 aromatic carbocycles. The third kappa shape index (κ3) is 6.26. The Kier molecular flexibility index (Phi) is 7.21. The van der Waals surface area contributed by atoms with E-state index in [-0.39, 0.29) is 11.3 Å². The largest absolute Gasteiger partial charge is 0.304 e. The van der Waals surface area contributed by atoms with E-state index in [0.717, 1.165) is 32.6 Å². The fourth-order valence-corrected chi connectivity index (χ4v) is 3.76. The number of nitrogens with zero attached hydrogens (tertiary/aromatic N) is 2. The van der Waals surface area contributed by atoms with Gasteiger partial charge in [0.1, 0.15) is 0 Å². The highest BCUT2D eigenvalue weighted by Crippen LogP contribution is 2.16. The molecule has 0 atom stereocenters. The van der Waals surface area contributed by atoms with Crippen molar-refractivity contribution in [2.45, 2.75) is 32.2 Å². The number of halogens is 1. The van der Waals surface area contributed by atoms with Gasteiger partial charge in [-0.15, -0.1) is 11.6 Å². The number of hydrogen-bond donors (Lipinski definition) is 1. The Morgan fingerprint density at radius 2 is 1.75 bits per heavy atom. The number of piperazine rings is 1. The van der Waals surface area contributed by atoms with E-state index in [0.29, 0.717) is 18.8 Å². The molecule has 1 heterocycles. The number of alkyl halides is 1. The molecule has 1 aliphatic rings. The molecule has 20 heavy (non-hydrogen) atoms. The van der Waals surface area contributed by atoms with Gasteiger partial charge in [-0.3, -0.25) is 4.90 Å². The topological polar surface area (TPSA) is 52.6 Å². The second-order valence-electron chi connectivity index (χ2n) is 6.14. The van der Waals surface area contributed by atoms with Crippen molar-refractivity contribution in [3.8, 4) is 0 Å². The van der Waals surface area contributed by atoms with Crippen LogP contribution in [0, 0.1) is 0 Å². The molecule has 0 aromatic heterocycles. The Hall–Kier alpha value is 0.120. The van der Waals surface area contributed by atoms with Crippen molar-refractivity contribution < 1.29 is 8.42 Å². The summed E-state index contributed by atoms with van der Waals surface area (Å²) in [5.41, 5.74) is -0.152. The first-order chi connectivity index (χ1) is 9.27. The molecule has 120 valence electrons. The van der Waals surface area contributed by atoms with E-state index in [1.54, 1.807) is 0 Å². The molecule has 1 saturated heterocycles. The molecule has 0 radical (unpaired) electrons. The van der Waals surface area contributed by atoms with E-state index in [1.807, 2.05) is 0 Å². The van der Waals surface area contributed by atoms with Crippen molar-refractivity contribution in [3.05, 3.63) is 0 Å². The van der Waals surface area contributed by atoms with E-state index >= 15 is 0 Å². The average molecular weight is 326 g/mol. The SMILES string of the molecule is CN1CCN(C(C)(C)CNS(=O)(=O)CCCCCl)CC1. The first-order valence-corrected chi connectivity index (χ1v) is 9.42. The predicted octanol–water partition coefficient (Wildman–Crippen LogP) is 0.951. The van der Waals surface area contributed by atoms with Crippen molar-refractivity contribution in [1.82, 2.24) is 14.5 Å². The van der Waals surface area contributed by atoms with E-state index in [4.69, 9.17) is 11.6 Å². The van der Waals surface area contributed by atoms with Crippen LogP contribution in [0.2, 0.25) is 0 Å². The number of nitrogens with one attached hydrogen (secondary N) is 1. The Morgan fingerprint density at radius 1 is 1.15 bits per heavy atom. The van der Waals surface area contributed by atoms with Gasteiger partial charge in [0.2, 0.25) is 10.0 Å². The number of likely N-dealkylation sites (N-methyl/N-ethyl adjacent to an activating group) is 1. The molecule has 1 fully saturated rings. The molecule has 1 rings (SSSR count). The maximum atomic E-state index is 11.9. The predicted molar refractivity (Wildman–Crippen MR) is 84.9 cm³/mol. The summed E-state index contributed by atoms with van der Waals surface area (Å²) in [5, 5.41) is 0. The molecule has 0 saturated carbocycles. The minimum atomic E-state index is -3.18. The van der Waals surface area contributed by atoms with Gasteiger partial charge in [0.15, 0.2) is 0 Å². The maximum absolute atomic E-state index is 11.9. The van der Waals surface area contributed by atoms with Crippen LogP contribution in [-0.2, 0) is 10.0 Å². The van der Waals surface area contributed by atoms with Crippen LogP contribution in [0.5, 0.6) is 0 Å². The highest BCUT2D eigenvalue weighted by atomic mass is 35.5. The Bertz CT molecular complexity index is 379. The summed E-state index contributed by atoms with van der Waals surface area (Å²) in [6, 6.07) is 0. The third-order valence-corrected chi connectivity index (χ3v) is 5.56. The molecule has 7 heteroatoms. The molecule has 0 bridgehead atoms. The van der Waals surface area contributed by atoms with Crippen LogP contribution >= 0.6 is 11.6 Å². The summed E-state index contributed by atoms with van der Waals surface area (Å²) in [5.74, 6) is 0.681. The molecule has 1 N–H and O–H groups in total. The highest BCUT2D eigenvalue weighted by molar-refractivity contribution is 7.89. The summed E-state index contributed by atoms with van der Waals surface area (Å²) in [7, 11) is -1.07. The van der Waals surface area contributed by atoms with Gasteiger partial charge in [0.25, 0.3) is 0 Å². The van der Waals surface area contributed by atoms with E-state index in [2.05, 4.69) is 35.4 Å². The lowest BCUT2D eigenvalue weighted by Crippen LogP contribution is -2.57. The summed E-state index contributed by atoms with van der Waals surface area (Å²) < 4.78 is 26.6. The normalized spacial score (nSPS) is 19.4. The second kappa shape index (κ2) is 7.94. The number of sulfonamides is 1. The molecule has 1 aliphatic heterocycles. The van der Waals surface area contributed by atoms with Crippen LogP contribution in [-0.4, -0.2) is 75.2 Å². The molecule has 0 aromatic rings. The Labute approximate surface area is 128 Å². The lowest BCUT2D eigenvalue weighted by atomic mass is 10.0. The molecule has 0 spiro atoms. The van der Waals surface area contributed by atoms with Crippen LogP contribution in [0.3, 0.4) is 0 Å². The van der Waals surface area contributed by atoms with Crippen molar-refractivity contribution >= 4 is 21.6 Å². The lowest BCUT2D eigenvalue weighted by molar-refractivity contribution is 0.0652. The van der Waals surface area contributed by atoms with Crippen molar-refractivity contribution in [3.63, 3.8) is 0 Å². The summed E-state index contributed by atoms with van der Waals surface area (Å²) in [6.07, 6.45) is 1.36. The minimum Gasteiger partial charge on any atom is -0.304 e. The second-order valence-corrected chi connectivity index (χ2v) is 8.44. The molecule has 0 aliphatic carbocycles. The zero-order chi connectivity index (χ0) is 15.2. The van der Waals surface area contributed by atoms with E-state index in [1.165, 1.54) is 0 Å². The summed E-state index contributed by atoms with van der Waals surface area (Å²) in [4.78, 5) is 4.65. The van der Waals surface area contributed by atoms with Crippen molar-refractivity contribution in [1.29, 1.82) is 0 Å². The highest BCUT2D eigenvalue weighted by Gasteiger charge is 2.30. The van der Waals surface area contributed by atoms with Gasteiger partial charge >= 0.3 is 0 Å². The fourth-order valence-electron chi connectivity index (χ4n) is 2.27. The number of rotatable bonds is 8. The Morgan fingerprint density at radius 3 is 2.30 bits per heavy atom. The minimum absolute atomic E-state index is 0.152. The molecule has 5 nitrogen and oxygen atoms in total. The van der Waals surface area contributed by atoms with Crippen LogP contribution in [0.1, 0.15) is 26.7 Å². The summed E-state index contributed by atoms with van der Waals surface area (Å²) >= 11 is 5.57. The van der Waals surface area contributed by atoms with Gasteiger partial charge in [-0.2, -0.15) is 0 Å². The third-order valence-electron chi connectivity index (χ3n) is 3.88. The standard InChI is InChI=1S/C13H28ClN3O2S/c1-13(2,17-9-7-16(3)8-10-17)12-15-20(18,19)11-5-4-6-14/h15H,4-12H2,1-3H3. The van der Waals surface area contributed by atoms with Crippen LogP contribution in [0.25, 0.3) is 0 Å². The monoisotopic (exact) mass is 325 g/mol. The van der Waals surface area contributed by atoms with Crippen LogP contribution < -0.4 is 4.72 Å². The quantitative estimate of drug-likeness (QED) is 0.533. The first-order valence-electron chi connectivity index (χ1n) is 7.24. The maximum Gasteiger partial charge on any atom is 0.211 e. The first kappa shape index (κ1) is 18.2. The zero-order valence-corrected chi connectivity index (χ0v) is 14.4. The Balaban J connectivity index is 2.42. The van der Waals surface area contributed by atoms with Gasteiger partial charge in [-0.25, -0.2) is 13.1 Å². The molecular formula is C13H28ClN3O2S. The zero-order valence-electron chi connectivity index (χ0n) is 12.9. The fraction of sp³-hybridized carbons (Fsp3) is 1.00. The van der Waals surface area contributed by atoms with Crippen molar-refractivity contribution in [2.75, 3.05) is 51.4 Å². The van der Waals surface area contributed by atoms with Crippen LogP contribution in [0.15, 0.2) is 0 Å². The molecule has 0 unspecified atom stereocenters. The molecular weight excluding hydrogens is 298 g/mol. The van der Waals surface area contributed by atoms with Gasteiger partial charge < -0.3 is 4.90 Å². The summed E-state index contributed by atoms with van der Waals surface area (Å²) in [6.45, 7) is 8.69. The lowest BCUT2D eigenvalue weighted by Gasteiger charge is -2.43. The number of unbranched alkanes of at least 4 members (excludes halogenated alkanes) is 1. The van der Waals surface area contributed by atoms with E-state index < -0.39 is 10.0 Å². The van der Waals surface area contributed by atoms with Gasteiger partial charge in [-0.1, -0.05) is 0 Å². The van der Waals surface area contributed by atoms with Crippen molar-refractivity contribution in [2.24, 2.45) is 0 Å². The van der Waals surface area contributed by atoms with Crippen LogP contribution in [0.4, 0.5) is 0 Å². The van der Waals surface area contributed by atoms with Gasteiger partial charge in [-0.05, 0) is 33.7 Å². The average Bonchev–Trinajstić information content (AvgIpc) is 2.37. The van der Waals surface area contributed by atoms with Gasteiger partial charge in [0, 0.05) is 44.1 Å². The smallest absolute Gasteiger partial charge is 0.211 e. The van der Waals surface area contributed by atoms with E-state index in [9.17, 15) is 8.42 Å². The van der Waals surface area contributed by atoms with Gasteiger partial charge in [0.05, 0.1) is 5.75 Å². The number of hydrogen-bond acceptors (Lipinski definition) is 4.